The van der Waals surface area contributed by atoms with Crippen molar-refractivity contribution in [1.29, 1.82) is 0 Å². The highest BCUT2D eigenvalue weighted by Crippen LogP contribution is 2.36. The van der Waals surface area contributed by atoms with E-state index in [9.17, 15) is 15.0 Å². The molecule has 8 nitrogen and oxygen atoms in total. The summed E-state index contributed by atoms with van der Waals surface area (Å²) in [7, 11) is 0. The Labute approximate surface area is 113 Å². The third-order valence-electron chi connectivity index (χ3n) is 3.88. The second kappa shape index (κ2) is 4.43. The maximum absolute atomic E-state index is 11.8. The van der Waals surface area contributed by atoms with Gasteiger partial charge in [0.2, 0.25) is 5.52 Å². The number of nitrogens with one attached hydrogen (secondary N) is 2. The van der Waals surface area contributed by atoms with Gasteiger partial charge in [0.1, 0.15) is 6.04 Å². The van der Waals surface area contributed by atoms with Crippen LogP contribution >= 0.6 is 0 Å². The quantitative estimate of drug-likeness (QED) is 0.340. The number of rotatable bonds is 2. The number of imidazole rings is 1. The molecule has 1 aliphatic carbocycles. The van der Waals surface area contributed by atoms with Gasteiger partial charge in [0.25, 0.3) is 11.5 Å². The molecule has 3 rings (SSSR count). The monoisotopic (exact) mass is 278 g/mol. The van der Waals surface area contributed by atoms with Crippen LogP contribution < -0.4 is 15.9 Å². The molecule has 2 aromatic rings. The van der Waals surface area contributed by atoms with Crippen molar-refractivity contribution < 1.29 is 14.8 Å². The number of aromatic nitrogens is 4. The van der Waals surface area contributed by atoms with Gasteiger partial charge < -0.3 is 15.9 Å². The molecular formula is C12H16N5O3+. The molecule has 0 amide bonds. The molecule has 0 spiro atoms. The topological polar surface area (TPSA) is 132 Å². The summed E-state index contributed by atoms with van der Waals surface area (Å²) in [4.78, 5) is 21.1. The summed E-state index contributed by atoms with van der Waals surface area (Å²) in [6.07, 6.45) is 1.36. The van der Waals surface area contributed by atoms with E-state index in [1.807, 2.05) is 0 Å². The molecule has 106 valence electrons. The van der Waals surface area contributed by atoms with Crippen molar-refractivity contribution in [1.82, 2.24) is 15.0 Å². The number of nitrogens with zero attached hydrogens (tertiary/aromatic N) is 2. The summed E-state index contributed by atoms with van der Waals surface area (Å²) in [6.45, 7) is 3.79. The zero-order chi connectivity index (χ0) is 14.4. The van der Waals surface area contributed by atoms with Crippen molar-refractivity contribution in [3.63, 3.8) is 0 Å². The third kappa shape index (κ3) is 1.73. The van der Waals surface area contributed by atoms with E-state index in [1.165, 1.54) is 0 Å². The van der Waals surface area contributed by atoms with Gasteiger partial charge >= 0.3 is 5.65 Å². The van der Waals surface area contributed by atoms with Crippen molar-refractivity contribution >= 4 is 17.1 Å². The van der Waals surface area contributed by atoms with E-state index >= 15 is 0 Å². The summed E-state index contributed by atoms with van der Waals surface area (Å²) < 4.78 is 1.72. The van der Waals surface area contributed by atoms with Crippen LogP contribution in [0.15, 0.2) is 23.3 Å². The van der Waals surface area contributed by atoms with Crippen molar-refractivity contribution in [3.8, 4) is 0 Å². The van der Waals surface area contributed by atoms with Crippen LogP contribution in [-0.2, 0) is 0 Å². The van der Waals surface area contributed by atoms with Gasteiger partial charge in [-0.15, -0.1) is 0 Å². The average molecular weight is 278 g/mol. The lowest BCUT2D eigenvalue weighted by Crippen LogP contribution is -2.39. The third-order valence-corrected chi connectivity index (χ3v) is 3.88. The van der Waals surface area contributed by atoms with E-state index in [0.717, 1.165) is 0 Å². The van der Waals surface area contributed by atoms with Gasteiger partial charge in [0.15, 0.2) is 6.33 Å². The Balaban J connectivity index is 2.12. The molecule has 3 atom stereocenters. The van der Waals surface area contributed by atoms with Crippen LogP contribution in [0, 0.1) is 5.92 Å². The van der Waals surface area contributed by atoms with Crippen LogP contribution in [0.25, 0.3) is 11.2 Å². The Bertz CT molecular complexity index is 734. The first-order valence-electron chi connectivity index (χ1n) is 6.28. The number of fused-ring (bicyclic) bond motifs is 1. The molecule has 1 aliphatic rings. The first-order chi connectivity index (χ1) is 9.52. The lowest BCUT2D eigenvalue weighted by atomic mass is 10.0. The Morgan fingerprint density at radius 1 is 1.60 bits per heavy atom. The Kier molecular flexibility index (Phi) is 2.84. The van der Waals surface area contributed by atoms with E-state index in [-0.39, 0.29) is 30.1 Å². The zero-order valence-corrected chi connectivity index (χ0v) is 10.7. The maximum Gasteiger partial charge on any atom is 0.311 e. The molecule has 1 saturated carbocycles. The van der Waals surface area contributed by atoms with E-state index in [1.54, 1.807) is 10.9 Å². The molecule has 6 N–H and O–H groups in total. The second-order valence-corrected chi connectivity index (χ2v) is 5.01. The number of hydrogen-bond donors (Lipinski definition) is 5. The minimum atomic E-state index is -0.658. The summed E-state index contributed by atoms with van der Waals surface area (Å²) in [5.41, 5.74) is 6.64. The van der Waals surface area contributed by atoms with Crippen LogP contribution in [-0.4, -0.2) is 37.9 Å². The number of hydrogen-bond acceptors (Lipinski definition) is 5. The maximum atomic E-state index is 11.8. The predicted octanol–water partition coefficient (Wildman–Crippen LogP) is -1.41. The van der Waals surface area contributed by atoms with Crippen molar-refractivity contribution in [2.75, 3.05) is 12.3 Å². The molecule has 0 radical (unpaired) electrons. The highest BCUT2D eigenvalue weighted by Gasteiger charge is 2.40. The molecule has 2 aromatic heterocycles. The summed E-state index contributed by atoms with van der Waals surface area (Å²) in [5.74, 6) is -0.337. The fourth-order valence-electron chi connectivity index (χ4n) is 2.80. The van der Waals surface area contributed by atoms with Crippen LogP contribution in [0.5, 0.6) is 0 Å². The fourth-order valence-corrected chi connectivity index (χ4v) is 2.80. The molecule has 2 heterocycles. The molecule has 20 heavy (non-hydrogen) atoms. The first-order valence-corrected chi connectivity index (χ1v) is 6.28. The lowest BCUT2D eigenvalue weighted by Gasteiger charge is -2.12. The fraction of sp³-hybridized carbons (Fsp3) is 0.417. The highest BCUT2D eigenvalue weighted by atomic mass is 16.3. The standard InChI is InChI=1S/C12H15N5O3/c1-5-6(3-18)8(19)2-7(5)17-4-14-9-10(17)15-12(13)16-11(9)20/h4,6-8,18-19H,1-3H2,(H3,13,15,16,20)/p+1. The molecule has 8 heteroatoms. The van der Waals surface area contributed by atoms with Gasteiger partial charge in [-0.3, -0.25) is 14.8 Å². The van der Waals surface area contributed by atoms with Crippen molar-refractivity contribution in [3.05, 3.63) is 28.8 Å². The van der Waals surface area contributed by atoms with E-state index in [4.69, 9.17) is 5.73 Å². The predicted molar refractivity (Wildman–Crippen MR) is 70.7 cm³/mol. The molecular weight excluding hydrogens is 262 g/mol. The largest absolute Gasteiger partial charge is 0.396 e. The molecule has 0 aromatic carbocycles. The number of anilines is 1. The zero-order valence-electron chi connectivity index (χ0n) is 10.7. The molecule has 1 fully saturated rings. The minimum Gasteiger partial charge on any atom is -0.396 e. The van der Waals surface area contributed by atoms with Gasteiger partial charge in [-0.1, -0.05) is 11.6 Å². The van der Waals surface area contributed by atoms with Crippen molar-refractivity contribution in [2.24, 2.45) is 5.92 Å². The number of nitrogen functional groups attached to an aromatic ring is 1. The van der Waals surface area contributed by atoms with Gasteiger partial charge in [-0.05, 0) is 5.57 Å². The van der Waals surface area contributed by atoms with E-state index in [0.29, 0.717) is 23.2 Å². The van der Waals surface area contributed by atoms with Gasteiger partial charge in [0.05, 0.1) is 12.7 Å². The molecule has 3 unspecified atom stereocenters. The number of aliphatic hydroxyl groups excluding tert-OH is 2. The normalized spacial score (nSPS) is 26.5. The highest BCUT2D eigenvalue weighted by molar-refractivity contribution is 5.66. The number of nitrogens with two attached hydrogens (primary N) is 1. The summed E-state index contributed by atoms with van der Waals surface area (Å²) in [6, 6.07) is -0.232. The molecule has 0 saturated heterocycles. The van der Waals surface area contributed by atoms with Crippen LogP contribution in [0.1, 0.15) is 12.5 Å². The van der Waals surface area contributed by atoms with Gasteiger partial charge in [-0.25, -0.2) is 4.57 Å². The minimum absolute atomic E-state index is 0.0266. The van der Waals surface area contributed by atoms with Crippen LogP contribution in [0.4, 0.5) is 5.95 Å². The van der Waals surface area contributed by atoms with Gasteiger partial charge in [-0.2, -0.15) is 0 Å². The number of H-pyrrole nitrogens is 2. The Morgan fingerprint density at radius 2 is 2.35 bits per heavy atom. The number of aromatic amines is 2. The van der Waals surface area contributed by atoms with Crippen LogP contribution in [0.3, 0.4) is 0 Å². The Hall–Kier alpha value is -2.19. The lowest BCUT2D eigenvalue weighted by molar-refractivity contribution is -0.690. The smallest absolute Gasteiger partial charge is 0.311 e. The molecule has 0 aliphatic heterocycles. The first kappa shape index (κ1) is 12.8. The van der Waals surface area contributed by atoms with Crippen molar-refractivity contribution in [2.45, 2.75) is 18.6 Å². The van der Waals surface area contributed by atoms with Gasteiger partial charge in [0, 0.05) is 12.3 Å². The van der Waals surface area contributed by atoms with E-state index in [2.05, 4.69) is 21.5 Å². The summed E-state index contributed by atoms with van der Waals surface area (Å²) in [5, 5.41) is 19.2. The average Bonchev–Trinajstić information content (AvgIpc) is 2.91. The number of aliphatic hydroxyl groups is 2. The van der Waals surface area contributed by atoms with E-state index < -0.39 is 6.10 Å². The second-order valence-electron chi connectivity index (χ2n) is 5.01. The SMILES string of the molecule is C=C1C(CO)C(O)CC1[n+]1c[nH]c2c(=O)[nH]c(N)nc21. The Morgan fingerprint density at radius 3 is 3.00 bits per heavy atom. The summed E-state index contributed by atoms with van der Waals surface area (Å²) >= 11 is 0. The van der Waals surface area contributed by atoms with Crippen LogP contribution in [0.2, 0.25) is 0 Å². The molecule has 0 bridgehead atoms.